The Morgan fingerprint density at radius 2 is 2.20 bits per heavy atom. The number of nitrogens with one attached hydrogen (secondary N) is 1. The Morgan fingerprint density at radius 3 is 2.80 bits per heavy atom. The molecule has 5 nitrogen and oxygen atoms in total. The van der Waals surface area contributed by atoms with Crippen LogP contribution in [0.15, 0.2) is 0 Å². The first kappa shape index (κ1) is 13.9. The lowest BCUT2D eigenvalue weighted by atomic mass is 10.2. The van der Waals surface area contributed by atoms with Gasteiger partial charge in [0.15, 0.2) is 0 Å². The number of nitrogens with zero attached hydrogens (tertiary/aromatic N) is 3. The Bertz CT molecular complexity index is 461. The number of methoxy groups -OCH3 is 1. The third-order valence-electron chi connectivity index (χ3n) is 4.52. The van der Waals surface area contributed by atoms with E-state index in [0.717, 1.165) is 30.7 Å². The molecule has 2 heterocycles. The highest BCUT2D eigenvalue weighted by Crippen LogP contribution is 2.32. The number of aromatic nitrogens is 2. The van der Waals surface area contributed by atoms with Crippen LogP contribution in [0.2, 0.25) is 0 Å². The molecule has 5 heteroatoms. The van der Waals surface area contributed by atoms with Crippen molar-refractivity contribution in [2.24, 2.45) is 7.05 Å². The fourth-order valence-corrected chi connectivity index (χ4v) is 3.30. The van der Waals surface area contributed by atoms with Gasteiger partial charge in [-0.2, -0.15) is 5.10 Å². The maximum atomic E-state index is 5.53. The van der Waals surface area contributed by atoms with Crippen molar-refractivity contribution in [1.82, 2.24) is 20.0 Å². The van der Waals surface area contributed by atoms with E-state index in [4.69, 9.17) is 4.74 Å². The third-order valence-corrected chi connectivity index (χ3v) is 4.52. The van der Waals surface area contributed by atoms with Gasteiger partial charge in [-0.25, -0.2) is 4.68 Å². The molecule has 0 amide bonds. The van der Waals surface area contributed by atoms with Crippen molar-refractivity contribution in [2.45, 2.75) is 51.2 Å². The standard InChI is InChI=1S/C15H26N4O/c1-11-14(15(20-3)18(2)17-11)10-19(13-6-7-13)9-12-5-4-8-16-12/h12-13,16H,4-10H2,1-3H3. The van der Waals surface area contributed by atoms with E-state index in [0.29, 0.717) is 6.04 Å². The summed E-state index contributed by atoms with van der Waals surface area (Å²) in [6.07, 6.45) is 5.31. The fraction of sp³-hybridized carbons (Fsp3) is 0.800. The summed E-state index contributed by atoms with van der Waals surface area (Å²) in [5, 5.41) is 8.11. The maximum Gasteiger partial charge on any atom is 0.216 e. The van der Waals surface area contributed by atoms with Gasteiger partial charge >= 0.3 is 0 Å². The maximum absolute atomic E-state index is 5.53. The van der Waals surface area contributed by atoms with E-state index in [-0.39, 0.29) is 0 Å². The summed E-state index contributed by atoms with van der Waals surface area (Å²) >= 11 is 0. The summed E-state index contributed by atoms with van der Waals surface area (Å²) in [5.41, 5.74) is 2.34. The highest BCUT2D eigenvalue weighted by molar-refractivity contribution is 5.31. The molecular formula is C15H26N4O. The van der Waals surface area contributed by atoms with Gasteiger partial charge in [-0.05, 0) is 39.2 Å². The molecule has 1 saturated heterocycles. The summed E-state index contributed by atoms with van der Waals surface area (Å²) in [4.78, 5) is 2.62. The van der Waals surface area contributed by atoms with Gasteiger partial charge < -0.3 is 10.1 Å². The molecule has 0 spiro atoms. The molecule has 1 aromatic heterocycles. The van der Waals surface area contributed by atoms with E-state index in [2.05, 4.69) is 22.2 Å². The normalized spacial score (nSPS) is 22.7. The Morgan fingerprint density at radius 1 is 1.40 bits per heavy atom. The third kappa shape index (κ3) is 2.83. The van der Waals surface area contributed by atoms with E-state index in [1.807, 2.05) is 11.7 Å². The predicted octanol–water partition coefficient (Wildman–Crippen LogP) is 1.45. The van der Waals surface area contributed by atoms with Crippen molar-refractivity contribution in [3.8, 4) is 5.88 Å². The molecule has 1 aliphatic carbocycles. The van der Waals surface area contributed by atoms with Crippen molar-refractivity contribution < 1.29 is 4.74 Å². The Balaban J connectivity index is 1.72. The van der Waals surface area contributed by atoms with E-state index in [1.165, 1.54) is 37.8 Å². The number of aryl methyl sites for hydroxylation is 2. The van der Waals surface area contributed by atoms with Gasteiger partial charge in [0.05, 0.1) is 18.4 Å². The zero-order valence-corrected chi connectivity index (χ0v) is 12.9. The molecule has 1 atom stereocenters. The number of hydrogen-bond donors (Lipinski definition) is 1. The largest absolute Gasteiger partial charge is 0.481 e. The second-order valence-corrected chi connectivity index (χ2v) is 6.15. The molecule has 1 saturated carbocycles. The average molecular weight is 278 g/mol. The minimum Gasteiger partial charge on any atom is -0.481 e. The number of rotatable bonds is 6. The molecule has 1 aromatic rings. The van der Waals surface area contributed by atoms with Gasteiger partial charge in [0.2, 0.25) is 5.88 Å². The fourth-order valence-electron chi connectivity index (χ4n) is 3.30. The van der Waals surface area contributed by atoms with E-state index >= 15 is 0 Å². The number of hydrogen-bond acceptors (Lipinski definition) is 4. The topological polar surface area (TPSA) is 42.3 Å². The van der Waals surface area contributed by atoms with Crippen LogP contribution >= 0.6 is 0 Å². The quantitative estimate of drug-likeness (QED) is 0.855. The van der Waals surface area contributed by atoms with Crippen LogP contribution < -0.4 is 10.1 Å². The minimum atomic E-state index is 0.665. The zero-order valence-electron chi connectivity index (χ0n) is 12.9. The highest BCUT2D eigenvalue weighted by atomic mass is 16.5. The van der Waals surface area contributed by atoms with Crippen molar-refractivity contribution in [3.05, 3.63) is 11.3 Å². The second-order valence-electron chi connectivity index (χ2n) is 6.15. The van der Waals surface area contributed by atoms with Gasteiger partial charge in [0.1, 0.15) is 0 Å². The van der Waals surface area contributed by atoms with Gasteiger partial charge in [0.25, 0.3) is 0 Å². The number of ether oxygens (including phenoxy) is 1. The lowest BCUT2D eigenvalue weighted by molar-refractivity contribution is 0.227. The van der Waals surface area contributed by atoms with Gasteiger partial charge in [-0.1, -0.05) is 0 Å². The Hall–Kier alpha value is -1.07. The molecular weight excluding hydrogens is 252 g/mol. The second kappa shape index (κ2) is 5.74. The van der Waals surface area contributed by atoms with Crippen molar-refractivity contribution in [3.63, 3.8) is 0 Å². The molecule has 2 aliphatic rings. The van der Waals surface area contributed by atoms with E-state index in [1.54, 1.807) is 7.11 Å². The molecule has 1 aliphatic heterocycles. The lowest BCUT2D eigenvalue weighted by Crippen LogP contribution is -2.38. The zero-order chi connectivity index (χ0) is 14.1. The van der Waals surface area contributed by atoms with Crippen LogP contribution in [0.25, 0.3) is 0 Å². The molecule has 20 heavy (non-hydrogen) atoms. The van der Waals surface area contributed by atoms with E-state index < -0.39 is 0 Å². The Kier molecular flexibility index (Phi) is 3.98. The lowest BCUT2D eigenvalue weighted by Gasteiger charge is -2.25. The van der Waals surface area contributed by atoms with Gasteiger partial charge in [-0.15, -0.1) is 0 Å². The molecule has 2 fully saturated rings. The average Bonchev–Trinajstić information content (AvgIpc) is 3.08. The first-order chi connectivity index (χ1) is 9.69. The van der Waals surface area contributed by atoms with Crippen LogP contribution in [0.5, 0.6) is 5.88 Å². The highest BCUT2D eigenvalue weighted by Gasteiger charge is 2.32. The van der Waals surface area contributed by atoms with Crippen molar-refractivity contribution in [2.75, 3.05) is 20.2 Å². The van der Waals surface area contributed by atoms with Crippen LogP contribution in [0.1, 0.15) is 36.9 Å². The SMILES string of the molecule is COc1c(CN(CC2CCCN2)C2CC2)c(C)nn1C. The molecule has 3 rings (SSSR count). The summed E-state index contributed by atoms with van der Waals surface area (Å²) < 4.78 is 7.38. The van der Waals surface area contributed by atoms with Crippen LogP contribution in [0, 0.1) is 6.92 Å². The van der Waals surface area contributed by atoms with Gasteiger partial charge in [0, 0.05) is 32.2 Å². The molecule has 112 valence electrons. The summed E-state index contributed by atoms with van der Waals surface area (Å²) in [5.74, 6) is 0.910. The first-order valence-corrected chi connectivity index (χ1v) is 7.73. The van der Waals surface area contributed by atoms with Crippen molar-refractivity contribution >= 4 is 0 Å². The predicted molar refractivity (Wildman–Crippen MR) is 79.0 cm³/mol. The van der Waals surface area contributed by atoms with Crippen LogP contribution in [0.3, 0.4) is 0 Å². The summed E-state index contributed by atoms with van der Waals surface area (Å²) in [7, 11) is 3.69. The summed E-state index contributed by atoms with van der Waals surface area (Å²) in [6.45, 7) is 5.38. The van der Waals surface area contributed by atoms with Crippen LogP contribution in [0.4, 0.5) is 0 Å². The van der Waals surface area contributed by atoms with Gasteiger partial charge in [-0.3, -0.25) is 4.90 Å². The van der Waals surface area contributed by atoms with E-state index in [9.17, 15) is 0 Å². The van der Waals surface area contributed by atoms with Crippen LogP contribution in [-0.4, -0.2) is 47.0 Å². The monoisotopic (exact) mass is 278 g/mol. The summed E-state index contributed by atoms with van der Waals surface area (Å²) in [6, 6.07) is 1.43. The minimum absolute atomic E-state index is 0.665. The Labute approximate surface area is 121 Å². The molecule has 0 aromatic carbocycles. The smallest absolute Gasteiger partial charge is 0.216 e. The molecule has 1 unspecified atom stereocenters. The first-order valence-electron chi connectivity index (χ1n) is 7.73. The van der Waals surface area contributed by atoms with Crippen molar-refractivity contribution in [1.29, 1.82) is 0 Å². The molecule has 1 N–H and O–H groups in total. The molecule has 0 bridgehead atoms. The molecule has 0 radical (unpaired) electrons. The van der Waals surface area contributed by atoms with Crippen LogP contribution in [-0.2, 0) is 13.6 Å².